The molecule has 0 unspecified atom stereocenters. The molecule has 0 amide bonds. The number of nitrogens with two attached hydrogens (primary N) is 1. The summed E-state index contributed by atoms with van der Waals surface area (Å²) in [7, 11) is -4.05. The van der Waals surface area contributed by atoms with Crippen LogP contribution in [0.25, 0.3) is 10.8 Å². The topological polar surface area (TPSA) is 134 Å². The van der Waals surface area contributed by atoms with E-state index in [9.17, 15) is 13.5 Å². The number of aliphatic hydroxyl groups excluding tert-OH is 1. The quantitative estimate of drug-likeness (QED) is 0.537. The Kier molecular flexibility index (Phi) is 6.33. The summed E-state index contributed by atoms with van der Waals surface area (Å²) < 4.78 is 38.1. The third-order valence-corrected chi connectivity index (χ3v) is 5.63. The molecule has 1 aliphatic carbocycles. The van der Waals surface area contributed by atoms with Crippen LogP contribution in [0, 0.1) is 5.92 Å². The molecule has 1 saturated carbocycles. The number of hydrogen-bond donors (Lipinski definition) is 2. The Morgan fingerprint density at radius 2 is 1.81 bits per heavy atom. The maximum atomic E-state index is 10.9. The van der Waals surface area contributed by atoms with Gasteiger partial charge in [0.1, 0.15) is 19.0 Å². The zero-order valence-corrected chi connectivity index (χ0v) is 17.4. The van der Waals surface area contributed by atoms with Crippen LogP contribution in [0.1, 0.15) is 18.4 Å². The molecule has 0 spiro atoms. The van der Waals surface area contributed by atoms with E-state index in [2.05, 4.69) is 26.3 Å². The molecular formula is C21H23N3O6S. The normalized spacial score (nSPS) is 21.3. The largest absolute Gasteiger partial charge is 0.474 e. The van der Waals surface area contributed by atoms with Gasteiger partial charge in [0.2, 0.25) is 11.8 Å². The molecule has 0 bridgehead atoms. The molecule has 31 heavy (non-hydrogen) atoms. The fraction of sp³-hybridized carbons (Fsp3) is 0.333. The van der Waals surface area contributed by atoms with Crippen LogP contribution in [-0.2, 0) is 21.1 Å². The van der Waals surface area contributed by atoms with Gasteiger partial charge in [0, 0.05) is 12.3 Å². The van der Waals surface area contributed by atoms with Crippen LogP contribution in [0.5, 0.6) is 11.8 Å². The molecule has 164 valence electrons. The molecule has 4 rings (SSSR count). The Labute approximate surface area is 180 Å². The molecule has 0 radical (unpaired) electrons. The van der Waals surface area contributed by atoms with Gasteiger partial charge in [0.05, 0.1) is 18.8 Å². The van der Waals surface area contributed by atoms with E-state index >= 15 is 0 Å². The maximum absolute atomic E-state index is 10.9. The molecule has 1 heterocycles. The zero-order valence-electron chi connectivity index (χ0n) is 16.6. The fourth-order valence-electron chi connectivity index (χ4n) is 3.63. The van der Waals surface area contributed by atoms with Gasteiger partial charge in [0.15, 0.2) is 0 Å². The molecule has 9 nitrogen and oxygen atoms in total. The van der Waals surface area contributed by atoms with Crippen molar-refractivity contribution in [1.82, 2.24) is 9.97 Å². The van der Waals surface area contributed by atoms with Gasteiger partial charge < -0.3 is 14.6 Å². The lowest BCUT2D eigenvalue weighted by Crippen LogP contribution is -2.24. The summed E-state index contributed by atoms with van der Waals surface area (Å²) in [6.45, 7) is 0.153. The van der Waals surface area contributed by atoms with Crippen molar-refractivity contribution in [2.24, 2.45) is 11.1 Å². The molecule has 0 aliphatic heterocycles. The second-order valence-corrected chi connectivity index (χ2v) is 8.70. The predicted octanol–water partition coefficient (Wildman–Crippen LogP) is 1.95. The number of benzene rings is 2. The third kappa shape index (κ3) is 5.88. The Hall–Kier alpha value is -2.79. The summed E-state index contributed by atoms with van der Waals surface area (Å²) in [5.41, 5.74) is 1.01. The average molecular weight is 445 g/mol. The zero-order chi connectivity index (χ0) is 21.8. The number of aliphatic hydroxyl groups is 1. The number of hydrogen-bond acceptors (Lipinski definition) is 8. The second kappa shape index (κ2) is 9.15. The number of aromatic nitrogens is 2. The Bertz CT molecular complexity index is 1160. The first-order chi connectivity index (χ1) is 14.9. The summed E-state index contributed by atoms with van der Waals surface area (Å²) in [5, 5.41) is 17.3. The molecule has 0 saturated heterocycles. The first-order valence-corrected chi connectivity index (χ1v) is 11.3. The summed E-state index contributed by atoms with van der Waals surface area (Å²) in [5.74, 6) is 0.285. The van der Waals surface area contributed by atoms with Crippen LogP contribution >= 0.6 is 0 Å². The number of nitrogens with zero attached hydrogens (tertiary/aromatic N) is 2. The molecule has 10 heteroatoms. The van der Waals surface area contributed by atoms with Crippen LogP contribution in [0.3, 0.4) is 0 Å². The molecule has 3 N–H and O–H groups in total. The standard InChI is InChI=1S/C21H23N3O6S/c22-31(26,27)29-12-17-8-18(9-19(17)25)30-21-10-20(23-13-24-21)28-11-14-5-6-15-3-1-2-4-16(15)7-14/h1-7,10,13,17-19,25H,8-9,11-12H2,(H2,22,26,27)/t17-,18+,19-/m0/s1. The first-order valence-electron chi connectivity index (χ1n) is 9.80. The molecular weight excluding hydrogens is 422 g/mol. The summed E-state index contributed by atoms with van der Waals surface area (Å²) >= 11 is 0. The Morgan fingerprint density at radius 3 is 2.61 bits per heavy atom. The van der Waals surface area contributed by atoms with Gasteiger partial charge in [0.25, 0.3) is 0 Å². The molecule has 2 aromatic carbocycles. The molecule has 3 aromatic rings. The van der Waals surface area contributed by atoms with Crippen molar-refractivity contribution in [3.63, 3.8) is 0 Å². The minimum Gasteiger partial charge on any atom is -0.474 e. The average Bonchev–Trinajstić information content (AvgIpc) is 3.09. The van der Waals surface area contributed by atoms with Gasteiger partial charge in [-0.25, -0.2) is 15.1 Å². The van der Waals surface area contributed by atoms with Crippen molar-refractivity contribution in [2.75, 3.05) is 6.61 Å². The van der Waals surface area contributed by atoms with E-state index in [1.807, 2.05) is 30.3 Å². The van der Waals surface area contributed by atoms with E-state index in [0.717, 1.165) is 16.3 Å². The summed E-state index contributed by atoms with van der Waals surface area (Å²) in [6, 6.07) is 15.8. The smallest absolute Gasteiger partial charge is 0.333 e. The van der Waals surface area contributed by atoms with Crippen LogP contribution in [0.15, 0.2) is 54.9 Å². The minimum atomic E-state index is -4.05. The van der Waals surface area contributed by atoms with Crippen LogP contribution < -0.4 is 14.6 Å². The van der Waals surface area contributed by atoms with Crippen molar-refractivity contribution in [3.8, 4) is 11.8 Å². The highest BCUT2D eigenvalue weighted by atomic mass is 32.2. The Morgan fingerprint density at radius 1 is 1.03 bits per heavy atom. The van der Waals surface area contributed by atoms with Gasteiger partial charge in [-0.1, -0.05) is 36.4 Å². The van der Waals surface area contributed by atoms with Crippen molar-refractivity contribution < 1.29 is 27.2 Å². The highest BCUT2D eigenvalue weighted by molar-refractivity contribution is 7.84. The minimum absolute atomic E-state index is 0.191. The predicted molar refractivity (Wildman–Crippen MR) is 113 cm³/mol. The highest BCUT2D eigenvalue weighted by Crippen LogP contribution is 2.30. The summed E-state index contributed by atoms with van der Waals surface area (Å²) in [4.78, 5) is 8.21. The van der Waals surface area contributed by atoms with Gasteiger partial charge in [-0.05, 0) is 28.8 Å². The third-order valence-electron chi connectivity index (χ3n) is 5.17. The van der Waals surface area contributed by atoms with E-state index in [0.29, 0.717) is 31.2 Å². The van der Waals surface area contributed by atoms with Gasteiger partial charge in [-0.3, -0.25) is 4.18 Å². The number of fused-ring (bicyclic) bond motifs is 1. The van der Waals surface area contributed by atoms with E-state index < -0.39 is 22.3 Å². The molecule has 1 aliphatic rings. The van der Waals surface area contributed by atoms with Crippen LogP contribution in [0.4, 0.5) is 0 Å². The second-order valence-electron chi connectivity index (χ2n) is 7.48. The van der Waals surface area contributed by atoms with E-state index in [1.165, 1.54) is 6.33 Å². The lowest BCUT2D eigenvalue weighted by Gasteiger charge is -2.13. The lowest BCUT2D eigenvalue weighted by atomic mass is 10.1. The van der Waals surface area contributed by atoms with Gasteiger partial charge in [-0.2, -0.15) is 8.42 Å². The highest BCUT2D eigenvalue weighted by Gasteiger charge is 2.35. The number of rotatable bonds is 8. The Balaban J connectivity index is 1.34. The maximum Gasteiger partial charge on any atom is 0.333 e. The van der Waals surface area contributed by atoms with Gasteiger partial charge in [-0.15, -0.1) is 0 Å². The van der Waals surface area contributed by atoms with E-state index in [1.54, 1.807) is 6.07 Å². The van der Waals surface area contributed by atoms with Crippen molar-refractivity contribution in [1.29, 1.82) is 0 Å². The van der Waals surface area contributed by atoms with Crippen LogP contribution in [-0.4, -0.2) is 42.3 Å². The van der Waals surface area contributed by atoms with E-state index in [-0.39, 0.29) is 12.7 Å². The fourth-order valence-corrected chi connectivity index (χ4v) is 4.00. The summed E-state index contributed by atoms with van der Waals surface area (Å²) in [6.07, 6.45) is 0.992. The van der Waals surface area contributed by atoms with Crippen molar-refractivity contribution in [3.05, 3.63) is 60.4 Å². The molecule has 3 atom stereocenters. The van der Waals surface area contributed by atoms with E-state index in [4.69, 9.17) is 14.6 Å². The van der Waals surface area contributed by atoms with Gasteiger partial charge >= 0.3 is 10.3 Å². The van der Waals surface area contributed by atoms with Crippen LogP contribution in [0.2, 0.25) is 0 Å². The molecule has 1 aromatic heterocycles. The monoisotopic (exact) mass is 445 g/mol. The van der Waals surface area contributed by atoms with Crippen molar-refractivity contribution >= 4 is 21.1 Å². The number of ether oxygens (including phenoxy) is 2. The van der Waals surface area contributed by atoms with Crippen molar-refractivity contribution in [2.45, 2.75) is 31.7 Å². The lowest BCUT2D eigenvalue weighted by molar-refractivity contribution is 0.0986. The SMILES string of the molecule is NS(=O)(=O)OC[C@@H]1C[C@@H](Oc2cc(OCc3ccc4ccccc4c3)ncn2)C[C@@H]1O. The molecule has 1 fully saturated rings. The first kappa shape index (κ1) is 21.4.